The second-order valence-corrected chi connectivity index (χ2v) is 7.01. The van der Waals surface area contributed by atoms with Crippen molar-refractivity contribution in [1.29, 1.82) is 0 Å². The lowest BCUT2D eigenvalue weighted by molar-refractivity contribution is 0.0947. The van der Waals surface area contributed by atoms with Gasteiger partial charge in [-0.05, 0) is 30.3 Å². The minimum atomic E-state index is -0.353. The molecule has 0 saturated carbocycles. The van der Waals surface area contributed by atoms with Crippen molar-refractivity contribution in [3.05, 3.63) is 63.7 Å². The van der Waals surface area contributed by atoms with E-state index < -0.39 is 0 Å². The van der Waals surface area contributed by atoms with Gasteiger partial charge in [0.2, 0.25) is 0 Å². The average molecular weight is 394 g/mol. The van der Waals surface area contributed by atoms with Crippen LogP contribution in [0.5, 0.6) is 5.75 Å². The number of hydrogen-bond donors (Lipinski definition) is 1. The van der Waals surface area contributed by atoms with E-state index in [9.17, 15) is 9.18 Å². The van der Waals surface area contributed by atoms with Gasteiger partial charge in [-0.1, -0.05) is 23.7 Å². The van der Waals surface area contributed by atoms with Crippen molar-refractivity contribution in [1.82, 2.24) is 5.32 Å². The van der Waals surface area contributed by atoms with Crippen LogP contribution in [0.3, 0.4) is 0 Å². The largest absolute Gasteiger partial charge is 0.492 e. The second-order valence-electron chi connectivity index (χ2n) is 5.52. The van der Waals surface area contributed by atoms with Crippen LogP contribution in [0.2, 0.25) is 5.02 Å². The standard InChI is InChI=1S/C19H17ClFNO3S/c1-24-11-14-17-15(21)6-3-7-16(17)26-18(14)19(23)22-8-9-25-13-5-2-4-12(20)10-13/h2-7,10H,8-9,11H2,1H3,(H,22,23). The molecule has 3 aromatic rings. The van der Waals surface area contributed by atoms with Crippen LogP contribution in [0.1, 0.15) is 15.2 Å². The van der Waals surface area contributed by atoms with Gasteiger partial charge in [0.25, 0.3) is 5.91 Å². The number of carbonyl (C=O) groups is 1. The van der Waals surface area contributed by atoms with Crippen molar-refractivity contribution in [2.24, 2.45) is 0 Å². The molecule has 1 N–H and O–H groups in total. The smallest absolute Gasteiger partial charge is 0.261 e. The fraction of sp³-hybridized carbons (Fsp3) is 0.211. The van der Waals surface area contributed by atoms with E-state index in [1.165, 1.54) is 24.5 Å². The molecule has 0 saturated heterocycles. The van der Waals surface area contributed by atoms with E-state index in [4.69, 9.17) is 21.1 Å². The molecule has 2 aromatic carbocycles. The quantitative estimate of drug-likeness (QED) is 0.594. The Bertz CT molecular complexity index is 928. The Kier molecular flexibility index (Phi) is 6.08. The van der Waals surface area contributed by atoms with Gasteiger partial charge in [-0.15, -0.1) is 11.3 Å². The van der Waals surface area contributed by atoms with Gasteiger partial charge < -0.3 is 14.8 Å². The molecule has 0 aliphatic carbocycles. The number of nitrogens with one attached hydrogen (secondary N) is 1. The van der Waals surface area contributed by atoms with E-state index >= 15 is 0 Å². The molecule has 4 nitrogen and oxygen atoms in total. The van der Waals surface area contributed by atoms with Crippen molar-refractivity contribution >= 4 is 38.9 Å². The van der Waals surface area contributed by atoms with Crippen molar-refractivity contribution in [3.63, 3.8) is 0 Å². The summed E-state index contributed by atoms with van der Waals surface area (Å²) >= 11 is 7.15. The Morgan fingerprint density at radius 2 is 2.08 bits per heavy atom. The Labute approximate surface area is 159 Å². The molecule has 0 aliphatic rings. The van der Waals surface area contributed by atoms with Crippen LogP contribution >= 0.6 is 22.9 Å². The molecule has 0 bridgehead atoms. The number of hydrogen-bond acceptors (Lipinski definition) is 4. The highest BCUT2D eigenvalue weighted by Gasteiger charge is 2.20. The van der Waals surface area contributed by atoms with Gasteiger partial charge >= 0.3 is 0 Å². The molecular weight excluding hydrogens is 377 g/mol. The predicted octanol–water partition coefficient (Wildman–Crippen LogP) is 4.65. The van der Waals surface area contributed by atoms with Gasteiger partial charge in [-0.25, -0.2) is 4.39 Å². The van der Waals surface area contributed by atoms with E-state index in [2.05, 4.69) is 5.32 Å². The van der Waals surface area contributed by atoms with Crippen LogP contribution in [0, 0.1) is 5.82 Å². The maximum absolute atomic E-state index is 14.2. The highest BCUT2D eigenvalue weighted by atomic mass is 35.5. The zero-order chi connectivity index (χ0) is 18.5. The first-order chi connectivity index (χ1) is 12.6. The normalized spacial score (nSPS) is 10.9. The Balaban J connectivity index is 1.67. The first kappa shape index (κ1) is 18.6. The van der Waals surface area contributed by atoms with E-state index in [-0.39, 0.29) is 18.3 Å². The Morgan fingerprint density at radius 3 is 2.85 bits per heavy atom. The molecule has 0 atom stereocenters. The number of rotatable bonds is 7. The molecule has 26 heavy (non-hydrogen) atoms. The second kappa shape index (κ2) is 8.49. The Morgan fingerprint density at radius 1 is 1.27 bits per heavy atom. The lowest BCUT2D eigenvalue weighted by atomic mass is 10.1. The van der Waals surface area contributed by atoms with Gasteiger partial charge in [0.15, 0.2) is 0 Å². The molecule has 0 radical (unpaired) electrons. The highest BCUT2D eigenvalue weighted by Crippen LogP contribution is 2.33. The third-order valence-corrected chi connectivity index (χ3v) is 5.14. The van der Waals surface area contributed by atoms with Crippen molar-refractivity contribution in [2.45, 2.75) is 6.61 Å². The molecule has 0 unspecified atom stereocenters. The van der Waals surface area contributed by atoms with Gasteiger partial charge in [0.05, 0.1) is 18.0 Å². The molecule has 1 amide bonds. The molecule has 3 rings (SSSR count). The molecule has 0 spiro atoms. The summed E-state index contributed by atoms with van der Waals surface area (Å²) in [5.74, 6) is 0.0113. The molecule has 1 aromatic heterocycles. The molecule has 1 heterocycles. The van der Waals surface area contributed by atoms with Crippen LogP contribution in [0.25, 0.3) is 10.1 Å². The number of amides is 1. The monoisotopic (exact) mass is 393 g/mol. The minimum absolute atomic E-state index is 0.169. The summed E-state index contributed by atoms with van der Waals surface area (Å²) in [6, 6.07) is 11.8. The zero-order valence-corrected chi connectivity index (χ0v) is 15.6. The summed E-state index contributed by atoms with van der Waals surface area (Å²) < 4.78 is 25.6. The number of halogens is 2. The number of ether oxygens (including phenoxy) is 2. The van der Waals surface area contributed by atoms with E-state index in [1.54, 1.807) is 36.4 Å². The number of carbonyl (C=O) groups excluding carboxylic acids is 1. The Hall–Kier alpha value is -2.15. The summed E-state index contributed by atoms with van der Waals surface area (Å²) in [4.78, 5) is 13.0. The molecule has 7 heteroatoms. The summed E-state index contributed by atoms with van der Waals surface area (Å²) in [5.41, 5.74) is 0.568. The number of methoxy groups -OCH3 is 1. The van der Waals surface area contributed by atoms with Crippen LogP contribution in [0.15, 0.2) is 42.5 Å². The summed E-state index contributed by atoms with van der Waals surface area (Å²) in [5, 5.41) is 3.83. The van der Waals surface area contributed by atoms with Crippen molar-refractivity contribution in [3.8, 4) is 5.75 Å². The predicted molar refractivity (Wildman–Crippen MR) is 102 cm³/mol. The first-order valence-electron chi connectivity index (χ1n) is 7.95. The lowest BCUT2D eigenvalue weighted by Crippen LogP contribution is -2.28. The van der Waals surface area contributed by atoms with Crippen molar-refractivity contribution < 1.29 is 18.7 Å². The van der Waals surface area contributed by atoms with Gasteiger partial charge in [0, 0.05) is 27.8 Å². The number of benzene rings is 2. The van der Waals surface area contributed by atoms with Gasteiger partial charge in [0.1, 0.15) is 18.2 Å². The van der Waals surface area contributed by atoms with Crippen LogP contribution in [0.4, 0.5) is 4.39 Å². The molecule has 0 aliphatic heterocycles. The van der Waals surface area contributed by atoms with E-state index in [0.717, 1.165) is 4.70 Å². The summed E-state index contributed by atoms with van der Waals surface area (Å²) in [7, 11) is 1.52. The third kappa shape index (κ3) is 4.15. The molecule has 0 fully saturated rings. The van der Waals surface area contributed by atoms with Crippen molar-refractivity contribution in [2.75, 3.05) is 20.3 Å². The SMILES string of the molecule is COCc1c(C(=O)NCCOc2cccc(Cl)c2)sc2cccc(F)c12. The highest BCUT2D eigenvalue weighted by molar-refractivity contribution is 7.21. The zero-order valence-electron chi connectivity index (χ0n) is 14.1. The number of fused-ring (bicyclic) bond motifs is 1. The fourth-order valence-corrected chi connectivity index (χ4v) is 3.92. The maximum Gasteiger partial charge on any atom is 0.261 e. The van der Waals surface area contributed by atoms with Gasteiger partial charge in [-0.3, -0.25) is 4.79 Å². The van der Waals surface area contributed by atoms with Crippen LogP contribution in [-0.2, 0) is 11.3 Å². The van der Waals surface area contributed by atoms with Gasteiger partial charge in [-0.2, -0.15) is 0 Å². The maximum atomic E-state index is 14.2. The molecular formula is C19H17ClFNO3S. The summed E-state index contributed by atoms with van der Waals surface area (Å²) in [6.07, 6.45) is 0. The van der Waals surface area contributed by atoms with E-state index in [0.29, 0.717) is 39.8 Å². The van der Waals surface area contributed by atoms with Crippen LogP contribution in [-0.4, -0.2) is 26.2 Å². The average Bonchev–Trinajstić information content (AvgIpc) is 2.99. The van der Waals surface area contributed by atoms with E-state index in [1.807, 2.05) is 0 Å². The number of thiophene rings is 1. The first-order valence-corrected chi connectivity index (χ1v) is 9.15. The summed E-state index contributed by atoms with van der Waals surface area (Å²) in [6.45, 7) is 0.780. The van der Waals surface area contributed by atoms with Crippen LogP contribution < -0.4 is 10.1 Å². The lowest BCUT2D eigenvalue weighted by Gasteiger charge is -2.08. The molecule has 136 valence electrons. The third-order valence-electron chi connectivity index (χ3n) is 3.71. The minimum Gasteiger partial charge on any atom is -0.492 e. The fourth-order valence-electron chi connectivity index (χ4n) is 2.60. The topological polar surface area (TPSA) is 47.6 Å².